The number of likely N-dealkylation sites (tertiary alicyclic amines) is 1. The molecular weight excluding hydrogens is 324 g/mol. The van der Waals surface area contributed by atoms with Crippen molar-refractivity contribution in [3.8, 4) is 0 Å². The van der Waals surface area contributed by atoms with Gasteiger partial charge in [-0.3, -0.25) is 14.7 Å². The summed E-state index contributed by atoms with van der Waals surface area (Å²) < 4.78 is 26.0. The van der Waals surface area contributed by atoms with Gasteiger partial charge in [0.25, 0.3) is 5.92 Å². The summed E-state index contributed by atoms with van der Waals surface area (Å²) in [5, 5.41) is 2.88. The lowest BCUT2D eigenvalue weighted by Gasteiger charge is -2.38. The van der Waals surface area contributed by atoms with Crippen molar-refractivity contribution in [1.82, 2.24) is 15.2 Å². The SMILES string of the molecule is O=C(NC1CC(F)(F)C1)[C@H]1CCC[C@@]12CCN(Cc1ccccn1)C2. The summed E-state index contributed by atoms with van der Waals surface area (Å²) in [4.78, 5) is 19.5. The van der Waals surface area contributed by atoms with Gasteiger partial charge >= 0.3 is 0 Å². The second kappa shape index (κ2) is 6.31. The molecule has 1 aromatic rings. The fourth-order valence-corrected chi connectivity index (χ4v) is 4.94. The van der Waals surface area contributed by atoms with Crippen LogP contribution in [0.3, 0.4) is 0 Å². The molecule has 0 bridgehead atoms. The summed E-state index contributed by atoms with van der Waals surface area (Å²) in [6.45, 7) is 2.69. The zero-order chi connectivity index (χ0) is 17.5. The Kier molecular flexibility index (Phi) is 4.26. The quantitative estimate of drug-likeness (QED) is 0.909. The van der Waals surface area contributed by atoms with Crippen molar-refractivity contribution in [1.29, 1.82) is 0 Å². The number of amides is 1. The molecule has 2 atom stereocenters. The van der Waals surface area contributed by atoms with Crippen LogP contribution >= 0.6 is 0 Å². The van der Waals surface area contributed by atoms with Crippen LogP contribution in [0.2, 0.25) is 0 Å². The Labute approximate surface area is 147 Å². The molecule has 0 radical (unpaired) electrons. The van der Waals surface area contributed by atoms with Crippen LogP contribution in [0.1, 0.15) is 44.2 Å². The van der Waals surface area contributed by atoms with Crippen LogP contribution in [0.4, 0.5) is 8.78 Å². The first-order valence-corrected chi connectivity index (χ1v) is 9.26. The first kappa shape index (κ1) is 16.9. The van der Waals surface area contributed by atoms with Crippen molar-refractivity contribution < 1.29 is 13.6 Å². The third kappa shape index (κ3) is 3.41. The van der Waals surface area contributed by atoms with Gasteiger partial charge in [0, 0.05) is 44.1 Å². The number of hydrogen-bond donors (Lipinski definition) is 1. The monoisotopic (exact) mass is 349 g/mol. The van der Waals surface area contributed by atoms with Crippen molar-refractivity contribution in [3.05, 3.63) is 30.1 Å². The highest BCUT2D eigenvalue weighted by molar-refractivity contribution is 5.80. The number of alkyl halides is 2. The Balaban J connectivity index is 1.37. The molecule has 3 fully saturated rings. The number of pyridine rings is 1. The average Bonchev–Trinajstić information content (AvgIpc) is 3.14. The predicted octanol–water partition coefficient (Wildman–Crippen LogP) is 2.99. The lowest BCUT2D eigenvalue weighted by molar-refractivity contribution is -0.135. The van der Waals surface area contributed by atoms with E-state index >= 15 is 0 Å². The zero-order valence-corrected chi connectivity index (χ0v) is 14.4. The zero-order valence-electron chi connectivity index (χ0n) is 14.4. The van der Waals surface area contributed by atoms with Gasteiger partial charge in [0.1, 0.15) is 0 Å². The summed E-state index contributed by atoms with van der Waals surface area (Å²) in [5.74, 6) is -2.62. The summed E-state index contributed by atoms with van der Waals surface area (Å²) in [7, 11) is 0. The van der Waals surface area contributed by atoms with Gasteiger partial charge in [0.05, 0.1) is 5.69 Å². The molecule has 0 unspecified atom stereocenters. The number of nitrogens with one attached hydrogen (secondary N) is 1. The highest BCUT2D eigenvalue weighted by Gasteiger charge is 2.52. The van der Waals surface area contributed by atoms with E-state index in [4.69, 9.17) is 0 Å². The topological polar surface area (TPSA) is 45.2 Å². The molecule has 2 heterocycles. The molecule has 1 N–H and O–H groups in total. The van der Waals surface area contributed by atoms with Crippen molar-refractivity contribution in [3.63, 3.8) is 0 Å². The largest absolute Gasteiger partial charge is 0.353 e. The van der Waals surface area contributed by atoms with Crippen LogP contribution < -0.4 is 5.32 Å². The minimum absolute atomic E-state index is 0.00214. The number of carbonyl (C=O) groups is 1. The van der Waals surface area contributed by atoms with Crippen LogP contribution in [-0.4, -0.2) is 40.8 Å². The Morgan fingerprint density at radius 3 is 2.88 bits per heavy atom. The minimum Gasteiger partial charge on any atom is -0.353 e. The normalized spacial score (nSPS) is 32.0. The number of aromatic nitrogens is 1. The summed E-state index contributed by atoms with van der Waals surface area (Å²) in [6, 6.07) is 5.59. The molecule has 0 aromatic carbocycles. The van der Waals surface area contributed by atoms with Gasteiger partial charge in [-0.1, -0.05) is 12.5 Å². The number of rotatable bonds is 4. The van der Waals surface area contributed by atoms with Crippen LogP contribution in [0.15, 0.2) is 24.4 Å². The average molecular weight is 349 g/mol. The maximum Gasteiger partial charge on any atom is 0.252 e. The molecule has 4 rings (SSSR count). The molecule has 2 aliphatic carbocycles. The second-order valence-electron chi connectivity index (χ2n) is 8.06. The number of carbonyl (C=O) groups excluding carboxylic acids is 1. The lowest BCUT2D eigenvalue weighted by atomic mass is 9.76. The first-order valence-electron chi connectivity index (χ1n) is 9.26. The fraction of sp³-hybridized carbons (Fsp3) is 0.684. The smallest absolute Gasteiger partial charge is 0.252 e. The summed E-state index contributed by atoms with van der Waals surface area (Å²) in [5.41, 5.74) is 1.07. The molecule has 136 valence electrons. The first-order chi connectivity index (χ1) is 12.0. The molecule has 6 heteroatoms. The third-order valence-electron chi connectivity index (χ3n) is 6.24. The van der Waals surface area contributed by atoms with E-state index in [1.54, 1.807) is 6.20 Å². The van der Waals surface area contributed by atoms with E-state index in [-0.39, 0.29) is 36.1 Å². The van der Waals surface area contributed by atoms with Crippen LogP contribution in [0, 0.1) is 11.3 Å². The van der Waals surface area contributed by atoms with E-state index in [0.29, 0.717) is 0 Å². The maximum absolute atomic E-state index is 13.0. The van der Waals surface area contributed by atoms with Crippen molar-refractivity contribution in [2.75, 3.05) is 13.1 Å². The van der Waals surface area contributed by atoms with Gasteiger partial charge in [-0.05, 0) is 43.4 Å². The highest BCUT2D eigenvalue weighted by Crippen LogP contribution is 2.50. The second-order valence-corrected chi connectivity index (χ2v) is 8.06. The maximum atomic E-state index is 13.0. The fourth-order valence-electron chi connectivity index (χ4n) is 4.94. The van der Waals surface area contributed by atoms with Gasteiger partial charge in [-0.15, -0.1) is 0 Å². The minimum atomic E-state index is -2.59. The Bertz CT molecular complexity index is 631. The molecule has 1 saturated heterocycles. The Morgan fingerprint density at radius 1 is 1.32 bits per heavy atom. The number of halogens is 2. The van der Waals surface area contributed by atoms with Gasteiger partial charge in [0.15, 0.2) is 0 Å². The van der Waals surface area contributed by atoms with Gasteiger partial charge < -0.3 is 5.32 Å². The molecule has 25 heavy (non-hydrogen) atoms. The standard InChI is InChI=1S/C19H25F2N3O/c20-19(21)10-15(11-19)23-17(25)16-5-3-6-18(16)7-9-24(13-18)12-14-4-1-2-8-22-14/h1-2,4,8,15-16H,3,5-7,9-13H2,(H,23,25)/t16-,18+/m1/s1. The third-order valence-corrected chi connectivity index (χ3v) is 6.24. The van der Waals surface area contributed by atoms with E-state index in [1.165, 1.54) is 0 Å². The molecule has 1 spiro atoms. The van der Waals surface area contributed by atoms with Crippen LogP contribution in [0.25, 0.3) is 0 Å². The van der Waals surface area contributed by atoms with Gasteiger partial charge in [-0.25, -0.2) is 8.78 Å². The van der Waals surface area contributed by atoms with Gasteiger partial charge in [0.2, 0.25) is 5.91 Å². The van der Waals surface area contributed by atoms with E-state index in [1.807, 2.05) is 18.2 Å². The molecular formula is C19H25F2N3O. The van der Waals surface area contributed by atoms with Crippen molar-refractivity contribution >= 4 is 5.91 Å². The van der Waals surface area contributed by atoms with Crippen molar-refractivity contribution in [2.24, 2.45) is 11.3 Å². The predicted molar refractivity (Wildman–Crippen MR) is 90.0 cm³/mol. The van der Waals surface area contributed by atoms with Gasteiger partial charge in [-0.2, -0.15) is 0 Å². The van der Waals surface area contributed by atoms with E-state index in [9.17, 15) is 13.6 Å². The molecule has 3 aliphatic rings. The molecule has 1 aromatic heterocycles. The van der Waals surface area contributed by atoms with Crippen LogP contribution in [0.5, 0.6) is 0 Å². The summed E-state index contributed by atoms with van der Waals surface area (Å²) in [6.07, 6.45) is 5.40. The highest BCUT2D eigenvalue weighted by atomic mass is 19.3. The Hall–Kier alpha value is -1.56. The Morgan fingerprint density at radius 2 is 2.16 bits per heavy atom. The van der Waals surface area contributed by atoms with Crippen molar-refractivity contribution in [2.45, 2.75) is 57.0 Å². The molecule has 4 nitrogen and oxygen atoms in total. The van der Waals surface area contributed by atoms with Crippen LogP contribution in [-0.2, 0) is 11.3 Å². The summed E-state index contributed by atoms with van der Waals surface area (Å²) >= 11 is 0. The number of nitrogens with zero attached hydrogens (tertiary/aromatic N) is 2. The van der Waals surface area contributed by atoms with E-state index < -0.39 is 5.92 Å². The molecule has 1 amide bonds. The molecule has 1 aliphatic heterocycles. The molecule has 2 saturated carbocycles. The number of hydrogen-bond acceptors (Lipinski definition) is 3. The van der Waals surface area contributed by atoms with E-state index in [2.05, 4.69) is 15.2 Å². The lowest BCUT2D eigenvalue weighted by Crippen LogP contribution is -2.53. The van der Waals surface area contributed by atoms with E-state index in [0.717, 1.165) is 51.0 Å².